The van der Waals surface area contributed by atoms with Crippen molar-refractivity contribution in [2.45, 2.75) is 38.5 Å². The van der Waals surface area contributed by atoms with Crippen molar-refractivity contribution < 1.29 is 27.8 Å². The average Bonchev–Trinajstić information content (AvgIpc) is 3.10. The lowest BCUT2D eigenvalue weighted by Gasteiger charge is -2.27. The molecule has 0 saturated carbocycles. The lowest BCUT2D eigenvalue weighted by molar-refractivity contribution is -0.105. The minimum Gasteiger partial charge on any atom is -0.496 e. The van der Waals surface area contributed by atoms with E-state index < -0.39 is 17.7 Å². The number of halogens is 2. The van der Waals surface area contributed by atoms with E-state index >= 15 is 0 Å². The Labute approximate surface area is 179 Å². The summed E-state index contributed by atoms with van der Waals surface area (Å²) in [7, 11) is 1.51. The summed E-state index contributed by atoms with van der Waals surface area (Å²) < 4.78 is 38.1. The third-order valence-corrected chi connectivity index (χ3v) is 5.08. The standard InChI is InChI=1S/C15H20F2O2.C7H7N3O2/c1-9-12(8-19-14(9)15(2,3)17)11-6-5-10(16)7-13(11)18-4;8-7(12)6-3-5(10-4-11)1-2-9-6/h5-7,9,12,14H,8H2,1-4H3;1-4H,(H2,8,12)(H,9,10,11)/t9-,12-,14+;/m1./s1. The van der Waals surface area contributed by atoms with Crippen molar-refractivity contribution in [2.24, 2.45) is 11.7 Å². The Morgan fingerprint density at radius 2 is 2.06 bits per heavy atom. The Bertz CT molecular complexity index is 918. The number of amides is 2. The minimum absolute atomic E-state index is 0.0133. The number of ether oxygens (including phenoxy) is 2. The second-order valence-electron chi connectivity index (χ2n) is 7.73. The number of rotatable bonds is 6. The number of primary amides is 1. The fourth-order valence-corrected chi connectivity index (χ4v) is 3.63. The molecule has 2 heterocycles. The first kappa shape index (κ1) is 24.2. The number of hydrogen-bond donors (Lipinski definition) is 2. The summed E-state index contributed by atoms with van der Waals surface area (Å²) in [6.07, 6.45) is 1.46. The average molecular weight is 435 g/mol. The lowest BCUT2D eigenvalue weighted by atomic mass is 9.82. The van der Waals surface area contributed by atoms with E-state index in [2.05, 4.69) is 10.3 Å². The van der Waals surface area contributed by atoms with E-state index in [1.165, 1.54) is 45.4 Å². The van der Waals surface area contributed by atoms with Crippen LogP contribution >= 0.6 is 0 Å². The SMILES string of the molecule is COc1cc(F)ccc1[C@@H]1CO[C@H](C(C)(C)F)[C@@H]1C.NC(=O)c1cc(NC=O)ccn1. The van der Waals surface area contributed by atoms with Gasteiger partial charge in [-0.3, -0.25) is 14.6 Å². The van der Waals surface area contributed by atoms with Gasteiger partial charge in [0.25, 0.3) is 5.91 Å². The van der Waals surface area contributed by atoms with Crippen LogP contribution in [0.2, 0.25) is 0 Å². The van der Waals surface area contributed by atoms with Gasteiger partial charge in [-0.15, -0.1) is 0 Å². The number of methoxy groups -OCH3 is 1. The molecule has 31 heavy (non-hydrogen) atoms. The molecule has 1 aromatic heterocycles. The van der Waals surface area contributed by atoms with Crippen LogP contribution in [0.5, 0.6) is 5.75 Å². The fourth-order valence-electron chi connectivity index (χ4n) is 3.63. The molecule has 1 aliphatic rings. The number of alkyl halides is 1. The molecule has 0 bridgehead atoms. The van der Waals surface area contributed by atoms with Crippen LogP contribution in [-0.4, -0.2) is 42.8 Å². The smallest absolute Gasteiger partial charge is 0.267 e. The van der Waals surface area contributed by atoms with Gasteiger partial charge in [-0.05, 0) is 38.0 Å². The number of carbonyl (C=O) groups excluding carboxylic acids is 2. The van der Waals surface area contributed by atoms with E-state index in [0.29, 0.717) is 24.5 Å². The van der Waals surface area contributed by atoms with Gasteiger partial charge in [0.1, 0.15) is 22.9 Å². The van der Waals surface area contributed by atoms with Crippen LogP contribution in [0.3, 0.4) is 0 Å². The molecule has 3 rings (SSSR count). The molecule has 0 radical (unpaired) electrons. The Balaban J connectivity index is 0.000000245. The molecule has 1 saturated heterocycles. The van der Waals surface area contributed by atoms with E-state index in [1.54, 1.807) is 12.1 Å². The van der Waals surface area contributed by atoms with E-state index in [0.717, 1.165) is 5.56 Å². The summed E-state index contributed by atoms with van der Waals surface area (Å²) in [5.41, 5.74) is 5.07. The maximum atomic E-state index is 14.1. The molecule has 2 aromatic rings. The van der Waals surface area contributed by atoms with Crippen molar-refractivity contribution in [3.8, 4) is 5.75 Å². The first-order valence-electron chi connectivity index (χ1n) is 9.68. The number of nitrogens with one attached hydrogen (secondary N) is 1. The van der Waals surface area contributed by atoms with Gasteiger partial charge in [0, 0.05) is 29.4 Å². The molecule has 0 spiro atoms. The van der Waals surface area contributed by atoms with Crippen LogP contribution in [-0.2, 0) is 9.53 Å². The molecule has 3 N–H and O–H groups in total. The number of anilines is 1. The predicted molar refractivity (Wildman–Crippen MR) is 112 cm³/mol. The Hall–Kier alpha value is -3.07. The summed E-state index contributed by atoms with van der Waals surface area (Å²) in [6, 6.07) is 7.42. The third kappa shape index (κ3) is 6.21. The number of carbonyl (C=O) groups is 2. The van der Waals surface area contributed by atoms with Crippen LogP contribution < -0.4 is 15.8 Å². The van der Waals surface area contributed by atoms with Crippen molar-refractivity contribution in [1.82, 2.24) is 4.98 Å². The second-order valence-corrected chi connectivity index (χ2v) is 7.73. The molecule has 2 amide bonds. The summed E-state index contributed by atoms with van der Waals surface area (Å²) in [4.78, 5) is 24.3. The highest BCUT2D eigenvalue weighted by Crippen LogP contribution is 2.43. The molecule has 0 aliphatic carbocycles. The van der Waals surface area contributed by atoms with E-state index in [4.69, 9.17) is 15.2 Å². The Kier molecular flexibility index (Phi) is 8.04. The molecule has 1 aliphatic heterocycles. The van der Waals surface area contributed by atoms with Crippen molar-refractivity contribution in [1.29, 1.82) is 0 Å². The number of nitrogens with two attached hydrogens (primary N) is 1. The highest BCUT2D eigenvalue weighted by Gasteiger charge is 2.44. The summed E-state index contributed by atoms with van der Waals surface area (Å²) in [6.45, 7) is 5.45. The number of aromatic nitrogens is 1. The van der Waals surface area contributed by atoms with Crippen LogP contribution in [0, 0.1) is 11.7 Å². The van der Waals surface area contributed by atoms with Gasteiger partial charge < -0.3 is 20.5 Å². The molecule has 9 heteroatoms. The van der Waals surface area contributed by atoms with Crippen molar-refractivity contribution in [3.05, 3.63) is 53.6 Å². The van der Waals surface area contributed by atoms with Gasteiger partial charge in [0.15, 0.2) is 0 Å². The number of pyridine rings is 1. The maximum Gasteiger partial charge on any atom is 0.267 e. The fraction of sp³-hybridized carbons (Fsp3) is 0.409. The number of benzene rings is 1. The topological polar surface area (TPSA) is 104 Å². The monoisotopic (exact) mass is 435 g/mol. The van der Waals surface area contributed by atoms with E-state index in [-0.39, 0.29) is 23.3 Å². The second kappa shape index (κ2) is 10.3. The highest BCUT2D eigenvalue weighted by molar-refractivity contribution is 5.92. The molecular formula is C22H27F2N3O4. The zero-order chi connectivity index (χ0) is 23.2. The summed E-state index contributed by atoms with van der Waals surface area (Å²) in [5.74, 6) is -0.424. The van der Waals surface area contributed by atoms with Gasteiger partial charge in [-0.2, -0.15) is 0 Å². The Morgan fingerprint density at radius 3 is 2.61 bits per heavy atom. The van der Waals surface area contributed by atoms with Gasteiger partial charge in [0.05, 0.1) is 19.8 Å². The molecule has 168 valence electrons. The highest BCUT2D eigenvalue weighted by atomic mass is 19.1. The quantitative estimate of drug-likeness (QED) is 0.677. The van der Waals surface area contributed by atoms with Gasteiger partial charge in [-0.25, -0.2) is 8.78 Å². The van der Waals surface area contributed by atoms with E-state index in [9.17, 15) is 18.4 Å². The van der Waals surface area contributed by atoms with Crippen molar-refractivity contribution >= 4 is 18.0 Å². The molecule has 1 aromatic carbocycles. The van der Waals surface area contributed by atoms with Crippen LogP contribution in [0.15, 0.2) is 36.5 Å². The molecule has 7 nitrogen and oxygen atoms in total. The minimum atomic E-state index is -1.39. The number of hydrogen-bond acceptors (Lipinski definition) is 5. The molecular weight excluding hydrogens is 408 g/mol. The lowest BCUT2D eigenvalue weighted by Crippen LogP contribution is -2.35. The van der Waals surface area contributed by atoms with Crippen LogP contribution in [0.4, 0.5) is 14.5 Å². The predicted octanol–water partition coefficient (Wildman–Crippen LogP) is 3.45. The van der Waals surface area contributed by atoms with Gasteiger partial charge in [-0.1, -0.05) is 13.0 Å². The van der Waals surface area contributed by atoms with Crippen molar-refractivity contribution in [3.63, 3.8) is 0 Å². The van der Waals surface area contributed by atoms with Gasteiger partial charge >= 0.3 is 0 Å². The van der Waals surface area contributed by atoms with Crippen molar-refractivity contribution in [2.75, 3.05) is 19.0 Å². The first-order valence-corrected chi connectivity index (χ1v) is 9.68. The molecule has 0 unspecified atom stereocenters. The van der Waals surface area contributed by atoms with E-state index in [1.807, 2.05) is 6.92 Å². The van der Waals surface area contributed by atoms with Gasteiger partial charge in [0.2, 0.25) is 6.41 Å². The summed E-state index contributed by atoms with van der Waals surface area (Å²) >= 11 is 0. The zero-order valence-corrected chi connectivity index (χ0v) is 17.9. The first-order chi connectivity index (χ1) is 14.6. The maximum absolute atomic E-state index is 14.1. The molecule has 3 atom stereocenters. The zero-order valence-electron chi connectivity index (χ0n) is 17.9. The Morgan fingerprint density at radius 1 is 1.35 bits per heavy atom. The largest absolute Gasteiger partial charge is 0.496 e. The van der Waals surface area contributed by atoms with Crippen LogP contribution in [0.1, 0.15) is 42.7 Å². The third-order valence-electron chi connectivity index (χ3n) is 5.08. The van der Waals surface area contributed by atoms with Crippen LogP contribution in [0.25, 0.3) is 0 Å². The normalized spacial score (nSPS) is 20.4. The molecule has 1 fully saturated rings. The number of nitrogens with zero attached hydrogens (tertiary/aromatic N) is 1. The summed E-state index contributed by atoms with van der Waals surface area (Å²) in [5, 5.41) is 2.37.